The van der Waals surface area contributed by atoms with Gasteiger partial charge >= 0.3 is 5.97 Å². The summed E-state index contributed by atoms with van der Waals surface area (Å²) in [5, 5.41) is 2.13. The normalized spacial score (nSPS) is 30.4. The summed E-state index contributed by atoms with van der Waals surface area (Å²) in [7, 11) is 0. The van der Waals surface area contributed by atoms with Crippen LogP contribution in [0.2, 0.25) is 0 Å². The fraction of sp³-hybridized carbons (Fsp3) is 0.440. The molecule has 0 aromatic heterocycles. The number of carbonyl (C=O) groups excluding carboxylic acids is 2. The Kier molecular flexibility index (Phi) is 4.43. The van der Waals surface area contributed by atoms with Crippen LogP contribution in [0.4, 0.5) is 0 Å². The minimum atomic E-state index is -1.11. The van der Waals surface area contributed by atoms with Gasteiger partial charge in [0.2, 0.25) is 0 Å². The van der Waals surface area contributed by atoms with Gasteiger partial charge in [-0.2, -0.15) is 0 Å². The molecule has 1 fully saturated rings. The lowest BCUT2D eigenvalue weighted by Gasteiger charge is -2.46. The van der Waals surface area contributed by atoms with E-state index in [9.17, 15) is 9.59 Å². The average Bonchev–Trinajstić information content (AvgIpc) is 3.12. The van der Waals surface area contributed by atoms with Gasteiger partial charge in [-0.05, 0) is 72.4 Å². The van der Waals surface area contributed by atoms with Crippen molar-refractivity contribution in [3.63, 3.8) is 0 Å². The number of Topliss-reactive ketones (excluding diaryl/α,β-unsaturated/α-hetero) is 1. The standard InChI is InChI=1S/C25H25ClO5/c1-14(27)29-16-6-8-17-15(11-16)5-7-19-18(17)9-10-24(4)20(19)12-22-25(24,21(28)13-26)31-23(2,3)30-22/h5-8,11-12,22H,9-10,13H2,1-4H3/t22-,24+,25-/m1/s1. The van der Waals surface area contributed by atoms with Gasteiger partial charge in [0.15, 0.2) is 17.2 Å². The van der Waals surface area contributed by atoms with Gasteiger partial charge in [0.1, 0.15) is 11.9 Å². The minimum Gasteiger partial charge on any atom is -0.427 e. The highest BCUT2D eigenvalue weighted by molar-refractivity contribution is 6.29. The van der Waals surface area contributed by atoms with E-state index in [1.54, 1.807) is 0 Å². The van der Waals surface area contributed by atoms with Crippen molar-refractivity contribution in [3.8, 4) is 5.75 Å². The molecule has 0 N–H and O–H groups in total. The predicted octanol–water partition coefficient (Wildman–Crippen LogP) is 4.81. The maximum atomic E-state index is 13.2. The number of esters is 1. The van der Waals surface area contributed by atoms with Gasteiger partial charge in [0.25, 0.3) is 0 Å². The molecule has 0 saturated carbocycles. The Bertz CT molecular complexity index is 1170. The largest absolute Gasteiger partial charge is 0.427 e. The fourth-order valence-electron chi connectivity index (χ4n) is 5.80. The summed E-state index contributed by atoms with van der Waals surface area (Å²) in [6.45, 7) is 7.18. The van der Waals surface area contributed by atoms with Crippen molar-refractivity contribution in [2.24, 2.45) is 5.41 Å². The second kappa shape index (κ2) is 6.64. The SMILES string of the molecule is CC(=O)Oc1ccc2c3c(ccc2c1)C1=C[C@H]2OC(C)(C)O[C@@]2(C(=O)CCl)[C@@]1(C)CC3. The van der Waals surface area contributed by atoms with Gasteiger partial charge in [-0.3, -0.25) is 9.59 Å². The Balaban J connectivity index is 1.65. The van der Waals surface area contributed by atoms with E-state index in [0.29, 0.717) is 5.75 Å². The van der Waals surface area contributed by atoms with E-state index in [4.69, 9.17) is 25.8 Å². The molecule has 2 aromatic rings. The first kappa shape index (κ1) is 20.7. The molecule has 5 rings (SSSR count). The molecule has 3 atom stereocenters. The molecule has 0 bridgehead atoms. The second-order valence-electron chi connectivity index (χ2n) is 9.31. The molecule has 0 unspecified atom stereocenters. The van der Waals surface area contributed by atoms with E-state index >= 15 is 0 Å². The molecule has 2 aliphatic carbocycles. The molecule has 31 heavy (non-hydrogen) atoms. The molecule has 1 aliphatic heterocycles. The summed E-state index contributed by atoms with van der Waals surface area (Å²) in [6, 6.07) is 9.83. The Labute approximate surface area is 186 Å². The summed E-state index contributed by atoms with van der Waals surface area (Å²) in [5.74, 6) is -0.905. The zero-order valence-electron chi connectivity index (χ0n) is 18.1. The van der Waals surface area contributed by atoms with Crippen molar-refractivity contribution in [1.29, 1.82) is 0 Å². The molecule has 0 spiro atoms. The number of alkyl halides is 1. The van der Waals surface area contributed by atoms with Crippen LogP contribution in [0.25, 0.3) is 16.3 Å². The van der Waals surface area contributed by atoms with Gasteiger partial charge < -0.3 is 14.2 Å². The van der Waals surface area contributed by atoms with E-state index in [0.717, 1.165) is 34.8 Å². The van der Waals surface area contributed by atoms with Gasteiger partial charge in [0, 0.05) is 12.3 Å². The molecule has 2 aromatic carbocycles. The quantitative estimate of drug-likeness (QED) is 0.389. The first-order chi connectivity index (χ1) is 14.6. The molecule has 3 aliphatic rings. The maximum Gasteiger partial charge on any atom is 0.308 e. The zero-order chi connectivity index (χ0) is 22.2. The molecular weight excluding hydrogens is 416 g/mol. The first-order valence-corrected chi connectivity index (χ1v) is 11.1. The van der Waals surface area contributed by atoms with Crippen molar-refractivity contribution in [3.05, 3.63) is 47.5 Å². The topological polar surface area (TPSA) is 61.8 Å². The summed E-state index contributed by atoms with van der Waals surface area (Å²) >= 11 is 6.06. The van der Waals surface area contributed by atoms with E-state index in [1.807, 2.05) is 38.1 Å². The maximum absolute atomic E-state index is 13.2. The van der Waals surface area contributed by atoms with Gasteiger partial charge in [-0.25, -0.2) is 0 Å². The number of rotatable bonds is 3. The highest BCUT2D eigenvalue weighted by Crippen LogP contribution is 2.63. The first-order valence-electron chi connectivity index (χ1n) is 10.6. The molecule has 1 saturated heterocycles. The van der Waals surface area contributed by atoms with Crippen LogP contribution in [0, 0.1) is 5.41 Å². The van der Waals surface area contributed by atoms with Crippen LogP contribution < -0.4 is 4.74 Å². The highest BCUT2D eigenvalue weighted by Gasteiger charge is 2.70. The Morgan fingerprint density at radius 3 is 2.68 bits per heavy atom. The number of hydrogen-bond acceptors (Lipinski definition) is 5. The average molecular weight is 441 g/mol. The van der Waals surface area contributed by atoms with Crippen molar-refractivity contribution in [1.82, 2.24) is 0 Å². The number of hydrogen-bond donors (Lipinski definition) is 0. The van der Waals surface area contributed by atoms with Crippen LogP contribution in [-0.4, -0.2) is 35.1 Å². The van der Waals surface area contributed by atoms with Crippen LogP contribution in [0.3, 0.4) is 0 Å². The lowest BCUT2D eigenvalue weighted by Crippen LogP contribution is -2.57. The summed E-state index contributed by atoms with van der Waals surface area (Å²) < 4.78 is 17.8. The van der Waals surface area contributed by atoms with E-state index in [-0.39, 0.29) is 17.6 Å². The molecule has 162 valence electrons. The van der Waals surface area contributed by atoms with Crippen molar-refractivity contribution >= 4 is 39.7 Å². The molecule has 0 radical (unpaired) electrons. The lowest BCUT2D eigenvalue weighted by molar-refractivity contribution is -0.187. The van der Waals surface area contributed by atoms with Crippen LogP contribution in [0.15, 0.2) is 36.4 Å². The lowest BCUT2D eigenvalue weighted by atomic mass is 9.61. The van der Waals surface area contributed by atoms with Crippen LogP contribution >= 0.6 is 11.6 Å². The third-order valence-electron chi connectivity index (χ3n) is 7.02. The minimum absolute atomic E-state index is 0.115. The van der Waals surface area contributed by atoms with Crippen molar-refractivity contribution < 1.29 is 23.8 Å². The van der Waals surface area contributed by atoms with E-state index in [1.165, 1.54) is 12.5 Å². The number of ether oxygens (including phenoxy) is 3. The van der Waals surface area contributed by atoms with Crippen molar-refractivity contribution in [2.75, 3.05) is 5.88 Å². The second-order valence-corrected chi connectivity index (χ2v) is 9.58. The number of benzene rings is 2. The number of halogens is 1. The Hall–Kier alpha value is -2.21. The number of fused-ring (bicyclic) bond motifs is 7. The number of aryl methyl sites for hydroxylation is 1. The molecular formula is C25H25ClO5. The number of ketones is 1. The summed E-state index contributed by atoms with van der Waals surface area (Å²) in [5.41, 5.74) is 1.78. The third-order valence-corrected chi connectivity index (χ3v) is 7.26. The van der Waals surface area contributed by atoms with Gasteiger partial charge in [0.05, 0.1) is 5.88 Å². The third kappa shape index (κ3) is 2.76. The van der Waals surface area contributed by atoms with E-state index < -0.39 is 22.9 Å². The fourth-order valence-corrected chi connectivity index (χ4v) is 6.00. The van der Waals surface area contributed by atoms with Crippen LogP contribution in [0.5, 0.6) is 5.75 Å². The Morgan fingerprint density at radius 2 is 1.97 bits per heavy atom. The molecule has 6 heteroatoms. The summed E-state index contributed by atoms with van der Waals surface area (Å²) in [6.07, 6.45) is 3.13. The number of carbonyl (C=O) groups is 2. The van der Waals surface area contributed by atoms with Crippen LogP contribution in [0.1, 0.15) is 45.2 Å². The highest BCUT2D eigenvalue weighted by atomic mass is 35.5. The smallest absolute Gasteiger partial charge is 0.308 e. The van der Waals surface area contributed by atoms with Gasteiger partial charge in [-0.15, -0.1) is 11.6 Å². The molecule has 5 nitrogen and oxygen atoms in total. The van der Waals surface area contributed by atoms with Crippen LogP contribution in [-0.2, 0) is 25.5 Å². The Morgan fingerprint density at radius 1 is 1.19 bits per heavy atom. The van der Waals surface area contributed by atoms with Crippen molar-refractivity contribution in [2.45, 2.75) is 58.0 Å². The summed E-state index contributed by atoms with van der Waals surface area (Å²) in [4.78, 5) is 24.5. The molecule has 1 heterocycles. The van der Waals surface area contributed by atoms with Gasteiger partial charge in [-0.1, -0.05) is 25.1 Å². The monoisotopic (exact) mass is 440 g/mol. The molecule has 0 amide bonds. The van der Waals surface area contributed by atoms with E-state index in [2.05, 4.69) is 19.1 Å². The predicted molar refractivity (Wildman–Crippen MR) is 118 cm³/mol. The zero-order valence-corrected chi connectivity index (χ0v) is 18.8.